The monoisotopic (exact) mass is 305 g/mol. The van der Waals surface area contributed by atoms with Gasteiger partial charge in [-0.15, -0.1) is 5.10 Å². The van der Waals surface area contributed by atoms with Crippen molar-refractivity contribution in [2.45, 2.75) is 0 Å². The molecule has 0 aliphatic rings. The van der Waals surface area contributed by atoms with E-state index in [1.165, 1.54) is 24.3 Å². The highest BCUT2D eigenvalue weighted by molar-refractivity contribution is 5.96. The predicted octanol–water partition coefficient (Wildman–Crippen LogP) is 2.25. The van der Waals surface area contributed by atoms with Crippen LogP contribution in [0.2, 0.25) is 0 Å². The van der Waals surface area contributed by atoms with Crippen LogP contribution in [0.1, 0.15) is 5.56 Å². The van der Waals surface area contributed by atoms with Gasteiger partial charge in [-0.2, -0.15) is 9.78 Å². The highest BCUT2D eigenvalue weighted by Crippen LogP contribution is 2.22. The minimum atomic E-state index is -0.455. The van der Waals surface area contributed by atoms with Crippen molar-refractivity contribution in [3.63, 3.8) is 0 Å². The third kappa shape index (κ3) is 1.97. The Bertz CT molecular complexity index is 1150. The number of benzene rings is 2. The van der Waals surface area contributed by atoms with Crippen LogP contribution < -0.4 is 5.69 Å². The number of aromatic amines is 1. The fourth-order valence-electron chi connectivity index (χ4n) is 2.50. The zero-order valence-electron chi connectivity index (χ0n) is 11.6. The van der Waals surface area contributed by atoms with Gasteiger partial charge >= 0.3 is 5.69 Å². The van der Waals surface area contributed by atoms with Crippen LogP contribution in [0.15, 0.2) is 47.3 Å². The van der Waals surface area contributed by atoms with Crippen molar-refractivity contribution in [1.82, 2.24) is 19.6 Å². The third-order valence-electron chi connectivity index (χ3n) is 3.55. The maximum absolute atomic E-state index is 13.0. The maximum atomic E-state index is 13.0. The zero-order chi connectivity index (χ0) is 16.0. The molecule has 4 aromatic rings. The Labute approximate surface area is 128 Å². The second-order valence-corrected chi connectivity index (χ2v) is 4.95. The molecule has 1 N–H and O–H groups in total. The molecule has 2 heterocycles. The second-order valence-electron chi connectivity index (χ2n) is 4.95. The molecule has 23 heavy (non-hydrogen) atoms. The summed E-state index contributed by atoms with van der Waals surface area (Å²) in [5, 5.41) is 14.0. The molecule has 0 saturated heterocycles. The number of aromatic nitrogens is 4. The lowest BCUT2D eigenvalue weighted by Crippen LogP contribution is -2.17. The van der Waals surface area contributed by atoms with E-state index in [4.69, 9.17) is 0 Å². The number of nitrogens with one attached hydrogen (secondary N) is 1. The quantitative estimate of drug-likeness (QED) is 0.584. The maximum Gasteiger partial charge on any atom is 0.348 e. The van der Waals surface area contributed by atoms with Crippen LogP contribution in [0.25, 0.3) is 27.9 Å². The summed E-state index contributed by atoms with van der Waals surface area (Å²) in [6.45, 7) is 0. The Kier molecular flexibility index (Phi) is 2.71. The van der Waals surface area contributed by atoms with Crippen LogP contribution in [-0.2, 0) is 0 Å². The van der Waals surface area contributed by atoms with Crippen LogP contribution in [-0.4, -0.2) is 19.6 Å². The van der Waals surface area contributed by atoms with Crippen molar-refractivity contribution < 1.29 is 4.39 Å². The van der Waals surface area contributed by atoms with E-state index < -0.39 is 5.69 Å². The first-order valence-corrected chi connectivity index (χ1v) is 6.75. The summed E-state index contributed by atoms with van der Waals surface area (Å²) < 4.78 is 14.2. The van der Waals surface area contributed by atoms with Gasteiger partial charge in [-0.05, 0) is 36.4 Å². The molecule has 0 aliphatic heterocycles. The van der Waals surface area contributed by atoms with E-state index in [1.807, 2.05) is 0 Å². The number of halogens is 1. The summed E-state index contributed by atoms with van der Waals surface area (Å²) in [5.41, 5.74) is 1.32. The molecule has 0 unspecified atom stereocenters. The SMILES string of the molecule is N#Cc1cccc2[nH]c(=O)n3nc(-c4ccc(F)cc4)nc3c12. The van der Waals surface area contributed by atoms with E-state index >= 15 is 0 Å². The number of H-pyrrole nitrogens is 1. The standard InChI is InChI=1S/C16H8FN5O/c17-11-6-4-9(5-7-11)14-20-15-13-10(8-18)2-1-3-12(13)19-16(23)22(15)21-14/h1-7H,(H,19,23). The van der Waals surface area contributed by atoms with Crippen molar-refractivity contribution in [2.24, 2.45) is 0 Å². The largest absolute Gasteiger partial charge is 0.348 e. The van der Waals surface area contributed by atoms with Crippen molar-refractivity contribution in [3.8, 4) is 17.5 Å². The molecule has 0 spiro atoms. The number of fused-ring (bicyclic) bond motifs is 3. The molecule has 0 aliphatic carbocycles. The van der Waals surface area contributed by atoms with Gasteiger partial charge in [0.05, 0.1) is 22.5 Å². The molecular formula is C16H8FN5O. The Hall–Kier alpha value is -3.53. The Morgan fingerprint density at radius 3 is 2.70 bits per heavy atom. The minimum absolute atomic E-state index is 0.288. The first kappa shape index (κ1) is 13.2. The number of nitrogens with zero attached hydrogens (tertiary/aromatic N) is 4. The average molecular weight is 305 g/mol. The lowest BCUT2D eigenvalue weighted by atomic mass is 10.1. The van der Waals surface area contributed by atoms with Crippen LogP contribution in [0, 0.1) is 17.1 Å². The smallest absolute Gasteiger partial charge is 0.305 e. The fourth-order valence-corrected chi connectivity index (χ4v) is 2.50. The van der Waals surface area contributed by atoms with Gasteiger partial charge in [0.25, 0.3) is 0 Å². The molecule has 0 radical (unpaired) electrons. The van der Waals surface area contributed by atoms with Crippen LogP contribution in [0.4, 0.5) is 4.39 Å². The van der Waals surface area contributed by atoms with Gasteiger partial charge < -0.3 is 4.98 Å². The lowest BCUT2D eigenvalue weighted by Gasteiger charge is -2.00. The number of rotatable bonds is 1. The summed E-state index contributed by atoms with van der Waals surface area (Å²) in [5.74, 6) is -0.0803. The van der Waals surface area contributed by atoms with Gasteiger partial charge in [0.1, 0.15) is 5.82 Å². The highest BCUT2D eigenvalue weighted by atomic mass is 19.1. The molecule has 6 nitrogen and oxygen atoms in total. The van der Waals surface area contributed by atoms with Crippen molar-refractivity contribution in [3.05, 3.63) is 64.3 Å². The number of nitriles is 1. The molecule has 7 heteroatoms. The summed E-state index contributed by atoms with van der Waals surface area (Å²) in [6, 6.07) is 12.8. The molecule has 2 aromatic carbocycles. The van der Waals surface area contributed by atoms with Crippen molar-refractivity contribution >= 4 is 16.6 Å². The predicted molar refractivity (Wildman–Crippen MR) is 81.2 cm³/mol. The molecule has 0 amide bonds. The van der Waals surface area contributed by atoms with Gasteiger partial charge in [0.2, 0.25) is 0 Å². The Balaban J connectivity index is 2.10. The molecule has 2 aromatic heterocycles. The molecule has 0 fully saturated rings. The Morgan fingerprint density at radius 2 is 1.96 bits per heavy atom. The van der Waals surface area contributed by atoms with Crippen LogP contribution >= 0.6 is 0 Å². The summed E-state index contributed by atoms with van der Waals surface area (Å²) in [6.07, 6.45) is 0. The van der Waals surface area contributed by atoms with Gasteiger partial charge in [0, 0.05) is 5.56 Å². The van der Waals surface area contributed by atoms with E-state index in [0.717, 1.165) is 4.52 Å². The van der Waals surface area contributed by atoms with Gasteiger partial charge in [0.15, 0.2) is 11.5 Å². The molecule has 0 saturated carbocycles. The van der Waals surface area contributed by atoms with Crippen molar-refractivity contribution in [2.75, 3.05) is 0 Å². The van der Waals surface area contributed by atoms with E-state index in [-0.39, 0.29) is 11.6 Å². The van der Waals surface area contributed by atoms with E-state index in [0.29, 0.717) is 27.7 Å². The number of hydrogen-bond donors (Lipinski definition) is 1. The molecule has 0 bridgehead atoms. The first-order valence-electron chi connectivity index (χ1n) is 6.75. The van der Waals surface area contributed by atoms with E-state index in [2.05, 4.69) is 21.1 Å². The lowest BCUT2D eigenvalue weighted by molar-refractivity contribution is 0.628. The normalized spacial score (nSPS) is 11.0. The van der Waals surface area contributed by atoms with Crippen molar-refractivity contribution in [1.29, 1.82) is 5.26 Å². The molecule has 0 atom stereocenters. The van der Waals surface area contributed by atoms with Gasteiger partial charge in [-0.25, -0.2) is 14.2 Å². The molecule has 110 valence electrons. The number of hydrogen-bond acceptors (Lipinski definition) is 4. The average Bonchev–Trinajstić information content (AvgIpc) is 3.01. The van der Waals surface area contributed by atoms with Crippen LogP contribution in [0.3, 0.4) is 0 Å². The zero-order valence-corrected chi connectivity index (χ0v) is 11.6. The minimum Gasteiger partial charge on any atom is -0.305 e. The second kappa shape index (κ2) is 4.74. The summed E-state index contributed by atoms with van der Waals surface area (Å²) >= 11 is 0. The highest BCUT2D eigenvalue weighted by Gasteiger charge is 2.14. The van der Waals surface area contributed by atoms with E-state index in [1.54, 1.807) is 18.2 Å². The Morgan fingerprint density at radius 1 is 1.17 bits per heavy atom. The fraction of sp³-hybridized carbons (Fsp3) is 0. The summed E-state index contributed by atoms with van der Waals surface area (Å²) in [4.78, 5) is 19.2. The van der Waals surface area contributed by atoms with E-state index in [9.17, 15) is 14.4 Å². The van der Waals surface area contributed by atoms with Gasteiger partial charge in [-0.3, -0.25) is 0 Å². The molecule has 4 rings (SSSR count). The van der Waals surface area contributed by atoms with Crippen LogP contribution in [0.5, 0.6) is 0 Å². The summed E-state index contributed by atoms with van der Waals surface area (Å²) in [7, 11) is 0. The topological polar surface area (TPSA) is 86.8 Å². The third-order valence-corrected chi connectivity index (χ3v) is 3.55. The first-order chi connectivity index (χ1) is 11.2. The van der Waals surface area contributed by atoms with Gasteiger partial charge in [-0.1, -0.05) is 6.07 Å². The molecular weight excluding hydrogens is 297 g/mol.